The van der Waals surface area contributed by atoms with Crippen molar-refractivity contribution < 1.29 is 9.53 Å². The Morgan fingerprint density at radius 2 is 1.81 bits per heavy atom. The second kappa shape index (κ2) is 8.79. The minimum Gasteiger partial charge on any atom is -0.497 e. The molecule has 0 saturated heterocycles. The third kappa shape index (κ3) is 4.45. The molecule has 1 unspecified atom stereocenters. The van der Waals surface area contributed by atoms with E-state index in [0.717, 1.165) is 27.9 Å². The van der Waals surface area contributed by atoms with Crippen LogP contribution in [0.3, 0.4) is 0 Å². The van der Waals surface area contributed by atoms with Crippen molar-refractivity contribution >= 4 is 11.6 Å². The third-order valence-electron chi connectivity index (χ3n) is 5.00. The van der Waals surface area contributed by atoms with Gasteiger partial charge < -0.3 is 10.1 Å². The van der Waals surface area contributed by atoms with E-state index in [9.17, 15) is 4.79 Å². The number of hydrogen-bond donors (Lipinski definition) is 1. The maximum absolute atomic E-state index is 13.4. The van der Waals surface area contributed by atoms with Gasteiger partial charge in [0, 0.05) is 11.3 Å². The van der Waals surface area contributed by atoms with Gasteiger partial charge in [-0.2, -0.15) is 0 Å². The number of methoxy groups -OCH3 is 1. The first-order valence-electron chi connectivity index (χ1n) is 9.92. The van der Waals surface area contributed by atoms with Crippen LogP contribution in [0.25, 0.3) is 11.4 Å². The lowest BCUT2D eigenvalue weighted by Gasteiger charge is -2.17. The molecule has 0 saturated carbocycles. The zero-order valence-electron chi connectivity index (χ0n) is 17.6. The number of ether oxygens (including phenoxy) is 1. The fourth-order valence-corrected chi connectivity index (χ4v) is 3.31. The van der Waals surface area contributed by atoms with Crippen LogP contribution in [0, 0.1) is 13.8 Å². The summed E-state index contributed by atoms with van der Waals surface area (Å²) in [6.45, 7) is 3.95. The van der Waals surface area contributed by atoms with Gasteiger partial charge in [0.25, 0.3) is 5.91 Å². The lowest BCUT2D eigenvalue weighted by Crippen LogP contribution is -2.29. The van der Waals surface area contributed by atoms with E-state index in [2.05, 4.69) is 20.7 Å². The van der Waals surface area contributed by atoms with Crippen LogP contribution in [0.15, 0.2) is 72.8 Å². The number of hydrogen-bond acceptors (Lipinski definition) is 5. The summed E-state index contributed by atoms with van der Waals surface area (Å²) >= 11 is 0. The average molecular weight is 413 g/mol. The molecule has 0 aliphatic rings. The molecule has 1 atom stereocenters. The Kier molecular flexibility index (Phi) is 5.75. The molecule has 0 spiro atoms. The van der Waals surface area contributed by atoms with Crippen molar-refractivity contribution in [3.05, 3.63) is 89.5 Å². The van der Waals surface area contributed by atoms with Crippen LogP contribution in [-0.4, -0.2) is 33.2 Å². The lowest BCUT2D eigenvalue weighted by atomic mass is 10.1. The van der Waals surface area contributed by atoms with Gasteiger partial charge in [-0.3, -0.25) is 4.79 Å². The van der Waals surface area contributed by atoms with Gasteiger partial charge >= 0.3 is 0 Å². The molecule has 4 rings (SSSR count). The van der Waals surface area contributed by atoms with Gasteiger partial charge in [-0.05, 0) is 54.0 Å². The van der Waals surface area contributed by atoms with E-state index in [1.807, 2.05) is 86.6 Å². The molecule has 7 nitrogen and oxygen atoms in total. The molecule has 4 aromatic rings. The molecule has 0 aliphatic heterocycles. The highest BCUT2D eigenvalue weighted by atomic mass is 16.5. The van der Waals surface area contributed by atoms with Crippen molar-refractivity contribution in [1.29, 1.82) is 0 Å². The van der Waals surface area contributed by atoms with Crippen LogP contribution in [0.1, 0.15) is 22.7 Å². The lowest BCUT2D eigenvalue weighted by molar-refractivity contribution is -0.118. The number of benzene rings is 3. The number of carbonyl (C=O) groups is 1. The van der Waals surface area contributed by atoms with Crippen molar-refractivity contribution in [3.63, 3.8) is 0 Å². The van der Waals surface area contributed by atoms with E-state index in [1.165, 1.54) is 4.80 Å². The highest BCUT2D eigenvalue weighted by Crippen LogP contribution is 2.24. The fourth-order valence-electron chi connectivity index (χ4n) is 3.31. The zero-order chi connectivity index (χ0) is 21.8. The smallest absolute Gasteiger partial charge is 0.255 e. The summed E-state index contributed by atoms with van der Waals surface area (Å²) in [5.74, 6) is 0.870. The van der Waals surface area contributed by atoms with Crippen molar-refractivity contribution in [1.82, 2.24) is 20.2 Å². The van der Waals surface area contributed by atoms with Gasteiger partial charge in [0.2, 0.25) is 5.82 Å². The van der Waals surface area contributed by atoms with Crippen molar-refractivity contribution in [2.24, 2.45) is 0 Å². The highest BCUT2D eigenvalue weighted by Gasteiger charge is 2.26. The monoisotopic (exact) mass is 413 g/mol. The third-order valence-corrected chi connectivity index (χ3v) is 5.00. The summed E-state index contributed by atoms with van der Waals surface area (Å²) in [6.07, 6.45) is 0. The van der Waals surface area contributed by atoms with Crippen LogP contribution in [0.2, 0.25) is 0 Å². The second-order valence-electron chi connectivity index (χ2n) is 7.29. The number of nitrogens with zero attached hydrogens (tertiary/aromatic N) is 4. The fraction of sp³-hybridized carbons (Fsp3) is 0.167. The molecule has 0 fully saturated rings. The molecule has 0 bridgehead atoms. The van der Waals surface area contributed by atoms with E-state index in [1.54, 1.807) is 7.11 Å². The quantitative estimate of drug-likeness (QED) is 0.512. The maximum Gasteiger partial charge on any atom is 0.255 e. The minimum absolute atomic E-state index is 0.241. The predicted molar refractivity (Wildman–Crippen MR) is 119 cm³/mol. The first kappa shape index (κ1) is 20.3. The second-order valence-corrected chi connectivity index (χ2v) is 7.29. The molecule has 31 heavy (non-hydrogen) atoms. The summed E-state index contributed by atoms with van der Waals surface area (Å²) in [5, 5.41) is 15.9. The van der Waals surface area contributed by atoms with E-state index < -0.39 is 6.04 Å². The summed E-state index contributed by atoms with van der Waals surface area (Å²) in [5.41, 5.74) is 4.33. The summed E-state index contributed by atoms with van der Waals surface area (Å²) in [6, 6.07) is 22.0. The number of amides is 1. The van der Waals surface area contributed by atoms with Crippen LogP contribution in [-0.2, 0) is 4.79 Å². The molecule has 0 aliphatic carbocycles. The normalized spacial score (nSPS) is 11.7. The van der Waals surface area contributed by atoms with Gasteiger partial charge in [-0.25, -0.2) is 0 Å². The Morgan fingerprint density at radius 3 is 2.58 bits per heavy atom. The molecule has 1 heterocycles. The predicted octanol–water partition coefficient (Wildman–Crippen LogP) is 4.19. The molecule has 156 valence electrons. The van der Waals surface area contributed by atoms with Crippen LogP contribution < -0.4 is 10.1 Å². The molecule has 3 aromatic carbocycles. The van der Waals surface area contributed by atoms with Gasteiger partial charge in [0.15, 0.2) is 6.04 Å². The van der Waals surface area contributed by atoms with Crippen molar-refractivity contribution in [2.75, 3.05) is 12.4 Å². The van der Waals surface area contributed by atoms with Gasteiger partial charge in [0.05, 0.1) is 7.11 Å². The van der Waals surface area contributed by atoms with Crippen molar-refractivity contribution in [2.45, 2.75) is 19.9 Å². The Balaban J connectivity index is 1.70. The first-order chi connectivity index (χ1) is 15.0. The standard InChI is InChI=1S/C24H23N5O2/c1-16-12-13-17(2)21(14-16)25-24(30)22(18-8-5-4-6-9-18)29-27-23(26-28-29)19-10-7-11-20(15-19)31-3/h4-15,22H,1-3H3,(H,25,30). The number of aromatic nitrogens is 4. The maximum atomic E-state index is 13.4. The number of nitrogens with one attached hydrogen (secondary N) is 1. The number of rotatable bonds is 6. The topological polar surface area (TPSA) is 81.9 Å². The molecular weight excluding hydrogens is 390 g/mol. The summed E-state index contributed by atoms with van der Waals surface area (Å²) in [7, 11) is 1.60. The Hall–Kier alpha value is -4.00. The van der Waals surface area contributed by atoms with Gasteiger partial charge in [0.1, 0.15) is 5.75 Å². The molecular formula is C24H23N5O2. The molecule has 1 amide bonds. The SMILES string of the molecule is COc1cccc(-c2nnn(C(C(=O)Nc3cc(C)ccc3C)c3ccccc3)n2)c1. The Bertz CT molecular complexity index is 1200. The molecule has 1 N–H and O–H groups in total. The number of tetrazole rings is 1. The number of anilines is 1. The van der Waals surface area contributed by atoms with E-state index in [0.29, 0.717) is 11.6 Å². The zero-order valence-corrected chi connectivity index (χ0v) is 17.6. The Morgan fingerprint density at radius 1 is 1.00 bits per heavy atom. The van der Waals surface area contributed by atoms with Gasteiger partial charge in [-0.15, -0.1) is 15.0 Å². The van der Waals surface area contributed by atoms with Gasteiger partial charge in [-0.1, -0.05) is 54.6 Å². The summed E-state index contributed by atoms with van der Waals surface area (Å²) in [4.78, 5) is 14.7. The van der Waals surface area contributed by atoms with Crippen LogP contribution in [0.4, 0.5) is 5.69 Å². The van der Waals surface area contributed by atoms with Crippen LogP contribution in [0.5, 0.6) is 5.75 Å². The number of aryl methyl sites for hydroxylation is 2. The minimum atomic E-state index is -0.770. The highest BCUT2D eigenvalue weighted by molar-refractivity contribution is 5.96. The van der Waals surface area contributed by atoms with E-state index >= 15 is 0 Å². The largest absolute Gasteiger partial charge is 0.497 e. The molecule has 7 heteroatoms. The van der Waals surface area contributed by atoms with Crippen LogP contribution >= 0.6 is 0 Å². The van der Waals surface area contributed by atoms with E-state index in [4.69, 9.17) is 4.74 Å². The molecule has 0 radical (unpaired) electrons. The number of carbonyl (C=O) groups excluding carboxylic acids is 1. The Labute approximate surface area is 180 Å². The van der Waals surface area contributed by atoms with Crippen molar-refractivity contribution in [3.8, 4) is 17.1 Å². The van der Waals surface area contributed by atoms with E-state index in [-0.39, 0.29) is 5.91 Å². The molecule has 1 aromatic heterocycles. The first-order valence-corrected chi connectivity index (χ1v) is 9.92. The average Bonchev–Trinajstić information content (AvgIpc) is 3.27. The summed E-state index contributed by atoms with van der Waals surface area (Å²) < 4.78 is 5.28.